The molecule has 0 aliphatic carbocycles. The van der Waals surface area contributed by atoms with Gasteiger partial charge in [-0.2, -0.15) is 0 Å². The number of amides is 2. The first-order valence-electron chi connectivity index (χ1n) is 11.0. The van der Waals surface area contributed by atoms with Crippen LogP contribution in [0.25, 0.3) is 11.1 Å². The van der Waals surface area contributed by atoms with E-state index in [4.69, 9.17) is 21.1 Å². The van der Waals surface area contributed by atoms with Gasteiger partial charge in [-0.25, -0.2) is 9.59 Å². The first-order chi connectivity index (χ1) is 17.3. The molecule has 3 N–H and O–H groups in total. The number of aryl methyl sites for hydroxylation is 1. The highest BCUT2D eigenvalue weighted by Gasteiger charge is 2.16. The van der Waals surface area contributed by atoms with Crippen molar-refractivity contribution in [1.82, 2.24) is 0 Å². The Bertz CT molecular complexity index is 1420. The molecule has 0 bridgehead atoms. The van der Waals surface area contributed by atoms with Gasteiger partial charge in [-0.3, -0.25) is 0 Å². The number of methoxy groups -OCH3 is 1. The van der Waals surface area contributed by atoms with E-state index in [9.17, 15) is 14.7 Å². The van der Waals surface area contributed by atoms with Gasteiger partial charge in [-0.15, -0.1) is 0 Å². The van der Waals surface area contributed by atoms with Gasteiger partial charge in [0.25, 0.3) is 0 Å². The third kappa shape index (κ3) is 5.76. The van der Waals surface area contributed by atoms with E-state index in [2.05, 4.69) is 10.6 Å². The number of ether oxygens (including phenoxy) is 2. The number of hydrogen-bond donors (Lipinski definition) is 3. The van der Waals surface area contributed by atoms with Crippen LogP contribution < -0.4 is 20.1 Å². The Morgan fingerprint density at radius 3 is 2.14 bits per heavy atom. The number of hydrogen-bond acceptors (Lipinski definition) is 4. The van der Waals surface area contributed by atoms with Crippen LogP contribution in [0, 0.1) is 6.92 Å². The zero-order valence-corrected chi connectivity index (χ0v) is 20.3. The topological polar surface area (TPSA) is 96.9 Å². The zero-order valence-electron chi connectivity index (χ0n) is 19.5. The number of carboxylic acids is 1. The molecule has 7 nitrogen and oxygen atoms in total. The summed E-state index contributed by atoms with van der Waals surface area (Å²) in [5.41, 5.74) is 3.38. The largest absolute Gasteiger partial charge is 0.496 e. The summed E-state index contributed by atoms with van der Waals surface area (Å²) >= 11 is 6.26. The minimum atomic E-state index is -1.11. The van der Waals surface area contributed by atoms with Crippen LogP contribution in [0.3, 0.4) is 0 Å². The fourth-order valence-corrected chi connectivity index (χ4v) is 3.69. The monoisotopic (exact) mass is 502 g/mol. The van der Waals surface area contributed by atoms with Gasteiger partial charge < -0.3 is 25.2 Å². The molecule has 0 aliphatic rings. The first-order valence-corrected chi connectivity index (χ1v) is 11.3. The third-order valence-corrected chi connectivity index (χ3v) is 5.67. The average Bonchev–Trinajstić information content (AvgIpc) is 2.87. The van der Waals surface area contributed by atoms with Gasteiger partial charge in [0.1, 0.15) is 17.1 Å². The number of carbonyl (C=O) groups excluding carboxylic acids is 1. The molecule has 0 spiro atoms. The van der Waals surface area contributed by atoms with Crippen molar-refractivity contribution in [2.45, 2.75) is 6.92 Å². The van der Waals surface area contributed by atoms with Crippen LogP contribution in [0.2, 0.25) is 5.02 Å². The van der Waals surface area contributed by atoms with E-state index in [0.717, 1.165) is 5.56 Å². The maximum Gasteiger partial charge on any atom is 0.339 e. The smallest absolute Gasteiger partial charge is 0.339 e. The molecule has 0 aromatic heterocycles. The molecule has 0 radical (unpaired) electrons. The summed E-state index contributed by atoms with van der Waals surface area (Å²) in [5.74, 6) is -0.0756. The van der Waals surface area contributed by atoms with Crippen molar-refractivity contribution in [1.29, 1.82) is 0 Å². The number of halogens is 1. The molecule has 2 amide bonds. The lowest BCUT2D eigenvalue weighted by molar-refractivity contribution is 0.0693. The van der Waals surface area contributed by atoms with Gasteiger partial charge >= 0.3 is 12.0 Å². The Labute approximate surface area is 213 Å². The van der Waals surface area contributed by atoms with Crippen LogP contribution in [0.15, 0.2) is 84.9 Å². The molecule has 0 aliphatic heterocycles. The summed E-state index contributed by atoms with van der Waals surface area (Å²) in [7, 11) is 1.41. The number of nitrogens with one attached hydrogen (secondary N) is 2. The number of para-hydroxylation sites is 1. The summed E-state index contributed by atoms with van der Waals surface area (Å²) < 4.78 is 11.2. The zero-order chi connectivity index (χ0) is 25.7. The standard InChI is InChI=1S/C28H23ClN2O5/c1-17-7-11-20(12-8-17)30-28(34)31-23-16-19(18-9-13-24(35-2)21(15-18)27(32)33)10-14-26(23)36-25-6-4-3-5-22(25)29/h3-16H,1-2H3,(H,32,33)(H2,30,31,34). The van der Waals surface area contributed by atoms with Crippen LogP contribution in [-0.2, 0) is 0 Å². The Morgan fingerprint density at radius 1 is 0.806 bits per heavy atom. The van der Waals surface area contributed by atoms with Gasteiger partial charge in [0.2, 0.25) is 0 Å². The SMILES string of the molecule is COc1ccc(-c2ccc(Oc3ccccc3Cl)c(NC(=O)Nc3ccc(C)cc3)c2)cc1C(=O)O. The summed E-state index contributed by atoms with van der Waals surface area (Å²) in [6.07, 6.45) is 0. The quantitative estimate of drug-likeness (QED) is 0.244. The summed E-state index contributed by atoms with van der Waals surface area (Å²) in [6.45, 7) is 1.96. The van der Waals surface area contributed by atoms with Crippen molar-refractivity contribution in [3.63, 3.8) is 0 Å². The van der Waals surface area contributed by atoms with Crippen LogP contribution in [0.4, 0.5) is 16.2 Å². The normalized spacial score (nSPS) is 10.4. The number of carboxylic acid groups (broad SMARTS) is 1. The molecule has 4 rings (SSSR count). The molecule has 4 aromatic rings. The van der Waals surface area contributed by atoms with Crippen molar-refractivity contribution >= 4 is 35.0 Å². The van der Waals surface area contributed by atoms with E-state index >= 15 is 0 Å². The van der Waals surface area contributed by atoms with E-state index < -0.39 is 12.0 Å². The Morgan fingerprint density at radius 2 is 1.47 bits per heavy atom. The van der Waals surface area contributed by atoms with Gasteiger partial charge in [-0.1, -0.05) is 53.6 Å². The Hall–Kier alpha value is -4.49. The fourth-order valence-electron chi connectivity index (χ4n) is 3.52. The van der Waals surface area contributed by atoms with E-state index in [1.807, 2.05) is 19.1 Å². The highest BCUT2D eigenvalue weighted by Crippen LogP contribution is 2.37. The lowest BCUT2D eigenvalue weighted by Gasteiger charge is -2.16. The van der Waals surface area contributed by atoms with Crippen molar-refractivity contribution in [2.24, 2.45) is 0 Å². The number of anilines is 2. The first kappa shape index (κ1) is 24.6. The molecular weight excluding hydrogens is 480 g/mol. The Kier molecular flexibility index (Phi) is 7.42. The summed E-state index contributed by atoms with van der Waals surface area (Å²) in [4.78, 5) is 24.5. The molecule has 4 aromatic carbocycles. The lowest BCUT2D eigenvalue weighted by Crippen LogP contribution is -2.19. The van der Waals surface area contributed by atoms with E-state index in [0.29, 0.717) is 39.0 Å². The van der Waals surface area contributed by atoms with E-state index in [1.54, 1.807) is 66.7 Å². The molecule has 0 heterocycles. The summed E-state index contributed by atoms with van der Waals surface area (Å²) in [5, 5.41) is 15.6. The third-order valence-electron chi connectivity index (χ3n) is 5.36. The van der Waals surface area contributed by atoms with Crippen molar-refractivity contribution < 1.29 is 24.2 Å². The molecule has 0 unspecified atom stereocenters. The number of rotatable bonds is 7. The van der Waals surface area contributed by atoms with Gasteiger partial charge in [-0.05, 0) is 66.6 Å². The minimum absolute atomic E-state index is 0.0259. The maximum atomic E-state index is 12.8. The highest BCUT2D eigenvalue weighted by atomic mass is 35.5. The number of urea groups is 1. The summed E-state index contributed by atoms with van der Waals surface area (Å²) in [6, 6.07) is 23.9. The number of aromatic carboxylic acids is 1. The van der Waals surface area contributed by atoms with Gasteiger partial charge in [0, 0.05) is 5.69 Å². The second kappa shape index (κ2) is 10.8. The van der Waals surface area contributed by atoms with Crippen LogP contribution >= 0.6 is 11.6 Å². The lowest BCUT2D eigenvalue weighted by atomic mass is 10.0. The van der Waals surface area contributed by atoms with Crippen LogP contribution in [0.5, 0.6) is 17.2 Å². The molecule has 36 heavy (non-hydrogen) atoms. The minimum Gasteiger partial charge on any atom is -0.496 e. The predicted octanol–water partition coefficient (Wildman–Crippen LogP) is 7.46. The average molecular weight is 503 g/mol. The van der Waals surface area contributed by atoms with Crippen LogP contribution in [0.1, 0.15) is 15.9 Å². The van der Waals surface area contributed by atoms with Gasteiger partial charge in [0.05, 0.1) is 17.8 Å². The number of carbonyl (C=O) groups is 2. The maximum absolute atomic E-state index is 12.8. The fraction of sp³-hybridized carbons (Fsp3) is 0.0714. The van der Waals surface area contributed by atoms with Crippen molar-refractivity contribution in [2.75, 3.05) is 17.7 Å². The van der Waals surface area contributed by atoms with Crippen molar-refractivity contribution in [3.8, 4) is 28.4 Å². The van der Waals surface area contributed by atoms with E-state index in [1.165, 1.54) is 13.2 Å². The molecule has 182 valence electrons. The molecular formula is C28H23ClN2O5. The molecule has 8 heteroatoms. The second-order valence-electron chi connectivity index (χ2n) is 7.91. The second-order valence-corrected chi connectivity index (χ2v) is 8.32. The molecule has 0 atom stereocenters. The molecule has 0 fully saturated rings. The number of benzene rings is 4. The van der Waals surface area contributed by atoms with Crippen LogP contribution in [-0.4, -0.2) is 24.2 Å². The highest BCUT2D eigenvalue weighted by molar-refractivity contribution is 6.32. The molecule has 0 saturated heterocycles. The van der Waals surface area contributed by atoms with E-state index in [-0.39, 0.29) is 11.3 Å². The predicted molar refractivity (Wildman–Crippen MR) is 141 cm³/mol. The van der Waals surface area contributed by atoms with Gasteiger partial charge in [0.15, 0.2) is 5.75 Å². The Balaban J connectivity index is 1.70. The molecule has 0 saturated carbocycles. The van der Waals surface area contributed by atoms with Crippen molar-refractivity contribution in [3.05, 3.63) is 101 Å².